The maximum atomic E-state index is 8.67. The third kappa shape index (κ3) is 4.20. The molecule has 84 valence electrons. The van der Waals surface area contributed by atoms with Gasteiger partial charge in [0.25, 0.3) is 0 Å². The highest BCUT2D eigenvalue weighted by atomic mass is 16.3. The molecular formula is C10H18N4O. The van der Waals surface area contributed by atoms with Crippen LogP contribution >= 0.6 is 0 Å². The smallest absolute Gasteiger partial charge is 0.226 e. The van der Waals surface area contributed by atoms with Crippen LogP contribution in [0.15, 0.2) is 0 Å². The summed E-state index contributed by atoms with van der Waals surface area (Å²) in [5, 5.41) is 11.6. The van der Waals surface area contributed by atoms with Crippen molar-refractivity contribution in [3.05, 3.63) is 11.6 Å². The molecule has 0 saturated heterocycles. The Bertz CT molecular complexity index is 277. The van der Waals surface area contributed by atoms with E-state index >= 15 is 0 Å². The summed E-state index contributed by atoms with van der Waals surface area (Å²) < 4.78 is 0. The average Bonchev–Trinajstić information content (AvgIpc) is 2.23. The molecule has 0 atom stereocenters. The first-order valence-electron chi connectivity index (χ1n) is 5.32. The topological polar surface area (TPSA) is 70.9 Å². The zero-order valence-corrected chi connectivity index (χ0v) is 9.32. The molecule has 1 heterocycles. The Hall–Kier alpha value is -1.23. The molecule has 1 rings (SSSR count). The second kappa shape index (κ2) is 6.29. The number of nitrogens with zero attached hydrogens (tertiary/aromatic N) is 3. The molecule has 5 nitrogen and oxygen atoms in total. The Morgan fingerprint density at radius 2 is 2.07 bits per heavy atom. The van der Waals surface area contributed by atoms with E-state index in [4.69, 9.17) is 5.11 Å². The summed E-state index contributed by atoms with van der Waals surface area (Å²) >= 11 is 0. The molecule has 0 spiro atoms. The van der Waals surface area contributed by atoms with Gasteiger partial charge in [-0.3, -0.25) is 0 Å². The molecule has 0 aliphatic rings. The number of rotatable bonds is 6. The molecule has 0 unspecified atom stereocenters. The molecule has 0 aliphatic heterocycles. The third-order valence-corrected chi connectivity index (χ3v) is 1.94. The minimum Gasteiger partial charge on any atom is -0.395 e. The van der Waals surface area contributed by atoms with Gasteiger partial charge < -0.3 is 10.4 Å². The molecular weight excluding hydrogens is 192 g/mol. The lowest BCUT2D eigenvalue weighted by Crippen LogP contribution is -2.11. The van der Waals surface area contributed by atoms with Gasteiger partial charge in [0, 0.05) is 13.0 Å². The van der Waals surface area contributed by atoms with Gasteiger partial charge in [-0.2, -0.15) is 9.97 Å². The second-order valence-electron chi connectivity index (χ2n) is 3.38. The second-order valence-corrected chi connectivity index (χ2v) is 3.38. The Kier molecular flexibility index (Phi) is 4.97. The quantitative estimate of drug-likeness (QED) is 0.730. The van der Waals surface area contributed by atoms with Crippen LogP contribution in [0.25, 0.3) is 0 Å². The van der Waals surface area contributed by atoms with Crippen molar-refractivity contribution in [2.45, 2.75) is 33.1 Å². The lowest BCUT2D eigenvalue weighted by molar-refractivity contribution is 0.310. The lowest BCUT2D eigenvalue weighted by atomic mass is 10.2. The van der Waals surface area contributed by atoms with Gasteiger partial charge >= 0.3 is 0 Å². The lowest BCUT2D eigenvalue weighted by Gasteiger charge is -2.05. The third-order valence-electron chi connectivity index (χ3n) is 1.94. The van der Waals surface area contributed by atoms with Crippen molar-refractivity contribution in [1.82, 2.24) is 15.0 Å². The van der Waals surface area contributed by atoms with Gasteiger partial charge in [-0.05, 0) is 13.3 Å². The number of hydrogen-bond acceptors (Lipinski definition) is 5. The summed E-state index contributed by atoms with van der Waals surface area (Å²) in [4.78, 5) is 12.7. The molecule has 0 bridgehead atoms. The standard InChI is InChI=1S/C10H18N4O/c1-3-4-5-9-12-8(2)13-10(14-9)11-6-7-15/h15H,3-7H2,1-2H3,(H,11,12,13,14). The van der Waals surface area contributed by atoms with Crippen molar-refractivity contribution in [1.29, 1.82) is 0 Å². The fourth-order valence-corrected chi connectivity index (χ4v) is 1.23. The molecule has 1 aromatic rings. The number of aryl methyl sites for hydroxylation is 2. The molecule has 2 N–H and O–H groups in total. The van der Waals surface area contributed by atoms with Crippen molar-refractivity contribution in [2.24, 2.45) is 0 Å². The van der Waals surface area contributed by atoms with E-state index in [0.29, 0.717) is 12.5 Å². The molecule has 5 heteroatoms. The minimum atomic E-state index is 0.0784. The van der Waals surface area contributed by atoms with Crippen LogP contribution < -0.4 is 5.32 Å². The summed E-state index contributed by atoms with van der Waals surface area (Å²) in [6, 6.07) is 0. The van der Waals surface area contributed by atoms with E-state index in [1.807, 2.05) is 6.92 Å². The predicted molar refractivity (Wildman–Crippen MR) is 58.8 cm³/mol. The summed E-state index contributed by atoms with van der Waals surface area (Å²) in [6.45, 7) is 4.53. The van der Waals surface area contributed by atoms with Crippen molar-refractivity contribution >= 4 is 5.95 Å². The maximum Gasteiger partial charge on any atom is 0.226 e. The van der Waals surface area contributed by atoms with Gasteiger partial charge in [-0.1, -0.05) is 13.3 Å². The Morgan fingerprint density at radius 3 is 2.73 bits per heavy atom. The van der Waals surface area contributed by atoms with Crippen molar-refractivity contribution in [2.75, 3.05) is 18.5 Å². The van der Waals surface area contributed by atoms with E-state index in [2.05, 4.69) is 27.2 Å². The fraction of sp³-hybridized carbons (Fsp3) is 0.700. The SMILES string of the molecule is CCCCc1nc(C)nc(NCCO)n1. The first kappa shape index (κ1) is 11.8. The molecule has 0 aliphatic carbocycles. The fourth-order valence-electron chi connectivity index (χ4n) is 1.23. The maximum absolute atomic E-state index is 8.67. The summed E-state index contributed by atoms with van der Waals surface area (Å²) in [5.74, 6) is 2.10. The number of aromatic nitrogens is 3. The van der Waals surface area contributed by atoms with Crippen LogP contribution in [0, 0.1) is 6.92 Å². The molecule has 0 aromatic carbocycles. The first-order valence-corrected chi connectivity index (χ1v) is 5.32. The zero-order chi connectivity index (χ0) is 11.1. The van der Waals surface area contributed by atoms with E-state index < -0.39 is 0 Å². The summed E-state index contributed by atoms with van der Waals surface area (Å²) in [7, 11) is 0. The largest absolute Gasteiger partial charge is 0.395 e. The average molecular weight is 210 g/mol. The van der Waals surface area contributed by atoms with Gasteiger partial charge in [0.1, 0.15) is 11.6 Å². The molecule has 0 saturated carbocycles. The minimum absolute atomic E-state index is 0.0784. The van der Waals surface area contributed by atoms with Crippen molar-refractivity contribution in [3.8, 4) is 0 Å². The molecule has 0 amide bonds. The number of aliphatic hydroxyl groups is 1. The van der Waals surface area contributed by atoms with Crippen LogP contribution in [0.2, 0.25) is 0 Å². The van der Waals surface area contributed by atoms with Crippen LogP contribution in [0.1, 0.15) is 31.4 Å². The summed E-state index contributed by atoms with van der Waals surface area (Å²) in [6.07, 6.45) is 3.10. The molecule has 1 aromatic heterocycles. The Labute approximate surface area is 90.0 Å². The Balaban J connectivity index is 2.66. The monoisotopic (exact) mass is 210 g/mol. The number of unbranched alkanes of at least 4 members (excludes halogenated alkanes) is 1. The van der Waals surface area contributed by atoms with Crippen LogP contribution in [-0.4, -0.2) is 33.2 Å². The van der Waals surface area contributed by atoms with Crippen LogP contribution in [-0.2, 0) is 6.42 Å². The number of nitrogens with one attached hydrogen (secondary N) is 1. The zero-order valence-electron chi connectivity index (χ0n) is 9.32. The van der Waals surface area contributed by atoms with Crippen LogP contribution in [0.3, 0.4) is 0 Å². The highest BCUT2D eigenvalue weighted by Gasteiger charge is 2.02. The normalized spacial score (nSPS) is 10.3. The van der Waals surface area contributed by atoms with Gasteiger partial charge in [0.2, 0.25) is 5.95 Å². The van der Waals surface area contributed by atoms with Gasteiger partial charge in [-0.15, -0.1) is 0 Å². The van der Waals surface area contributed by atoms with E-state index in [9.17, 15) is 0 Å². The Morgan fingerprint density at radius 1 is 1.27 bits per heavy atom. The highest BCUT2D eigenvalue weighted by molar-refractivity contribution is 5.23. The molecule has 0 radical (unpaired) electrons. The molecule has 0 fully saturated rings. The van der Waals surface area contributed by atoms with E-state index in [1.165, 1.54) is 0 Å². The molecule has 15 heavy (non-hydrogen) atoms. The van der Waals surface area contributed by atoms with Gasteiger partial charge in [0.15, 0.2) is 0 Å². The van der Waals surface area contributed by atoms with E-state index in [0.717, 1.165) is 30.9 Å². The van der Waals surface area contributed by atoms with Crippen LogP contribution in [0.4, 0.5) is 5.95 Å². The summed E-state index contributed by atoms with van der Waals surface area (Å²) in [5.41, 5.74) is 0. The van der Waals surface area contributed by atoms with Gasteiger partial charge in [0.05, 0.1) is 6.61 Å². The van der Waals surface area contributed by atoms with Crippen molar-refractivity contribution in [3.63, 3.8) is 0 Å². The van der Waals surface area contributed by atoms with Crippen LogP contribution in [0.5, 0.6) is 0 Å². The first-order chi connectivity index (χ1) is 7.26. The number of anilines is 1. The number of aliphatic hydroxyl groups excluding tert-OH is 1. The predicted octanol–water partition coefficient (Wildman–Crippen LogP) is 0.927. The van der Waals surface area contributed by atoms with Gasteiger partial charge in [-0.25, -0.2) is 4.98 Å². The highest BCUT2D eigenvalue weighted by Crippen LogP contribution is 2.03. The van der Waals surface area contributed by atoms with E-state index in [1.54, 1.807) is 0 Å². The van der Waals surface area contributed by atoms with Crippen molar-refractivity contribution < 1.29 is 5.11 Å². The van der Waals surface area contributed by atoms with E-state index in [-0.39, 0.29) is 6.61 Å². The number of hydrogen-bond donors (Lipinski definition) is 2.